The van der Waals surface area contributed by atoms with Gasteiger partial charge in [0.2, 0.25) is 0 Å². The lowest BCUT2D eigenvalue weighted by Gasteiger charge is -2.09. The van der Waals surface area contributed by atoms with Crippen molar-refractivity contribution in [2.45, 2.75) is 98.3 Å². The number of hydrogen-bond acceptors (Lipinski definition) is 7. The van der Waals surface area contributed by atoms with E-state index in [9.17, 15) is 22.8 Å². The molecule has 0 radical (unpaired) electrons. The van der Waals surface area contributed by atoms with E-state index < -0.39 is 9.84 Å². The van der Waals surface area contributed by atoms with Crippen molar-refractivity contribution in [3.63, 3.8) is 0 Å². The maximum absolute atomic E-state index is 13.2. The number of nitrogens with one attached hydrogen (secondary N) is 3. The molecule has 0 saturated carbocycles. The molecule has 0 spiro atoms. The number of hydrogen-bond donors (Lipinski definition) is 3. The van der Waals surface area contributed by atoms with Crippen LogP contribution in [0.15, 0.2) is 90.8 Å². The molecule has 2 aromatic rings. The van der Waals surface area contributed by atoms with E-state index in [1.54, 1.807) is 31.2 Å². The average molecular weight is 739 g/mol. The maximum Gasteiger partial charge on any atom is 0.305 e. The molecule has 3 aliphatic rings. The lowest BCUT2D eigenvalue weighted by molar-refractivity contribution is -0.140. The van der Waals surface area contributed by atoms with Crippen molar-refractivity contribution in [3.05, 3.63) is 109 Å². The summed E-state index contributed by atoms with van der Waals surface area (Å²) in [6.07, 6.45) is 9.83. The molecule has 280 valence electrons. The molecule has 0 fully saturated rings. The Morgan fingerprint density at radius 2 is 1.42 bits per heavy atom. The molecule has 4 heterocycles. The summed E-state index contributed by atoms with van der Waals surface area (Å²) in [7, 11) is -2.19. The van der Waals surface area contributed by atoms with E-state index in [0.717, 1.165) is 81.0 Å². The lowest BCUT2D eigenvalue weighted by atomic mass is 9.98. The Morgan fingerprint density at radius 3 is 2.08 bits per heavy atom. The highest BCUT2D eigenvalue weighted by Crippen LogP contribution is 2.35. The number of aromatic amines is 1. The van der Waals surface area contributed by atoms with Gasteiger partial charge in [-0.05, 0) is 124 Å². The number of ether oxygens (including phenoxy) is 1. The van der Waals surface area contributed by atoms with Gasteiger partial charge in [-0.1, -0.05) is 44.4 Å². The molecule has 2 amide bonds. The Labute approximate surface area is 312 Å². The first kappa shape index (κ1) is 39.2. The maximum atomic E-state index is 13.2. The minimum Gasteiger partial charge on any atom is -0.469 e. The SMILES string of the molecule is CCCC1=C(C)/C(=C/c2[nH]c(/C=C3N=C(/C=C4\NC(=O)C(C)=C4CCS(=O)(=O)c4ccc(C)cc4)C(C)=C\3CCC)c(CCC(=O)OC)c2C)NC1=O. The average Bonchev–Trinajstić information content (AvgIpc) is 3.76. The highest BCUT2D eigenvalue weighted by atomic mass is 32.2. The fourth-order valence-corrected chi connectivity index (χ4v) is 8.22. The van der Waals surface area contributed by atoms with Crippen molar-refractivity contribution >= 4 is 45.5 Å². The molecule has 0 bridgehead atoms. The van der Waals surface area contributed by atoms with Gasteiger partial charge in [0.15, 0.2) is 9.84 Å². The predicted octanol–water partition coefficient (Wildman–Crippen LogP) is 7.43. The molecule has 10 nitrogen and oxygen atoms in total. The summed E-state index contributed by atoms with van der Waals surface area (Å²) in [5.74, 6) is -0.775. The van der Waals surface area contributed by atoms with Crippen LogP contribution in [-0.2, 0) is 35.4 Å². The molecule has 3 N–H and O–H groups in total. The van der Waals surface area contributed by atoms with Crippen LogP contribution in [0.2, 0.25) is 0 Å². The van der Waals surface area contributed by atoms with Gasteiger partial charge in [0.1, 0.15) is 0 Å². The van der Waals surface area contributed by atoms with Crippen LogP contribution in [-0.4, -0.2) is 49.8 Å². The normalized spacial score (nSPS) is 18.6. The van der Waals surface area contributed by atoms with E-state index >= 15 is 0 Å². The molecule has 53 heavy (non-hydrogen) atoms. The molecule has 0 aliphatic carbocycles. The number of sulfone groups is 1. The van der Waals surface area contributed by atoms with Crippen LogP contribution >= 0.6 is 0 Å². The Hall–Kier alpha value is -5.03. The van der Waals surface area contributed by atoms with E-state index in [0.29, 0.717) is 35.4 Å². The van der Waals surface area contributed by atoms with Crippen LogP contribution in [0.4, 0.5) is 0 Å². The number of carbonyl (C=O) groups is 3. The van der Waals surface area contributed by atoms with Crippen LogP contribution in [0.1, 0.15) is 101 Å². The Kier molecular flexibility index (Phi) is 12.1. The fourth-order valence-electron chi connectivity index (χ4n) is 6.96. The van der Waals surface area contributed by atoms with Gasteiger partial charge >= 0.3 is 5.97 Å². The van der Waals surface area contributed by atoms with Crippen LogP contribution in [0.3, 0.4) is 0 Å². The fraction of sp³-hybridized carbons (Fsp3) is 0.381. The van der Waals surface area contributed by atoms with Crippen LogP contribution in [0, 0.1) is 13.8 Å². The zero-order chi connectivity index (χ0) is 38.6. The second-order valence-corrected chi connectivity index (χ2v) is 16.0. The summed E-state index contributed by atoms with van der Waals surface area (Å²) in [5.41, 5.74) is 12.2. The third kappa shape index (κ3) is 8.46. The zero-order valence-corrected chi connectivity index (χ0v) is 32.8. The first-order valence-electron chi connectivity index (χ1n) is 18.2. The number of aryl methyl sites for hydroxylation is 1. The van der Waals surface area contributed by atoms with Gasteiger partial charge in [0.25, 0.3) is 11.8 Å². The molecule has 0 saturated heterocycles. The number of aromatic nitrogens is 1. The highest BCUT2D eigenvalue weighted by molar-refractivity contribution is 7.91. The monoisotopic (exact) mass is 738 g/mol. The van der Waals surface area contributed by atoms with Gasteiger partial charge < -0.3 is 20.4 Å². The standard InChI is InChI=1S/C42H50N4O6S/c1-9-11-30-25(4)35(22-39-32(28(7)41(48)46-39)19-20-53(50,51)29-15-13-24(3)14-16-29)44-37(30)23-38-31(17-18-40(47)52-8)26(5)34(43-38)21-36-27(6)33(12-10-2)42(49)45-36/h13-16,21-23,43H,9-12,17-20H2,1-8H3,(H,45,49)(H,46,48)/b36-21-,37-23-,39-22-. The number of esters is 1. The number of benzene rings is 1. The number of aliphatic imine (C=N–C) groups is 1. The topological polar surface area (TPSA) is 147 Å². The number of H-pyrrole nitrogens is 1. The summed E-state index contributed by atoms with van der Waals surface area (Å²) >= 11 is 0. The van der Waals surface area contributed by atoms with E-state index in [4.69, 9.17) is 9.73 Å². The van der Waals surface area contributed by atoms with Crippen molar-refractivity contribution in [1.82, 2.24) is 15.6 Å². The van der Waals surface area contributed by atoms with Gasteiger partial charge in [-0.15, -0.1) is 0 Å². The Bertz CT molecular complexity index is 2190. The van der Waals surface area contributed by atoms with Crippen LogP contribution in [0.25, 0.3) is 12.2 Å². The summed E-state index contributed by atoms with van der Waals surface area (Å²) in [6, 6.07) is 6.79. The summed E-state index contributed by atoms with van der Waals surface area (Å²) < 4.78 is 31.4. The largest absolute Gasteiger partial charge is 0.469 e. The number of nitrogens with zero attached hydrogens (tertiary/aromatic N) is 1. The molecule has 11 heteroatoms. The van der Waals surface area contributed by atoms with Crippen molar-refractivity contribution in [2.24, 2.45) is 4.99 Å². The molecule has 3 aliphatic heterocycles. The number of amides is 2. The highest BCUT2D eigenvalue weighted by Gasteiger charge is 2.29. The second-order valence-electron chi connectivity index (χ2n) is 13.9. The van der Waals surface area contributed by atoms with E-state index in [-0.39, 0.29) is 41.3 Å². The summed E-state index contributed by atoms with van der Waals surface area (Å²) in [4.78, 5) is 46.7. The van der Waals surface area contributed by atoms with Gasteiger partial charge in [-0.2, -0.15) is 0 Å². The molecule has 1 aromatic carbocycles. The van der Waals surface area contributed by atoms with Gasteiger partial charge in [-0.25, -0.2) is 13.4 Å². The van der Waals surface area contributed by atoms with Crippen molar-refractivity contribution in [3.8, 4) is 0 Å². The zero-order valence-electron chi connectivity index (χ0n) is 32.0. The third-order valence-electron chi connectivity index (χ3n) is 10.2. The summed E-state index contributed by atoms with van der Waals surface area (Å²) in [6.45, 7) is 13.7. The van der Waals surface area contributed by atoms with Crippen LogP contribution in [0.5, 0.6) is 0 Å². The first-order valence-corrected chi connectivity index (χ1v) is 19.9. The number of methoxy groups -OCH3 is 1. The van der Waals surface area contributed by atoms with Crippen LogP contribution < -0.4 is 10.6 Å². The van der Waals surface area contributed by atoms with Gasteiger partial charge in [0, 0.05) is 40.3 Å². The minimum atomic E-state index is -3.57. The lowest BCUT2D eigenvalue weighted by Crippen LogP contribution is -2.17. The molecule has 1 aromatic heterocycles. The number of rotatable bonds is 14. The minimum absolute atomic E-state index is 0.0700. The number of carbonyl (C=O) groups excluding carboxylic acids is 3. The van der Waals surface area contributed by atoms with Crippen molar-refractivity contribution in [2.75, 3.05) is 12.9 Å². The van der Waals surface area contributed by atoms with Gasteiger partial charge in [0.05, 0.1) is 29.2 Å². The Morgan fingerprint density at radius 1 is 0.755 bits per heavy atom. The summed E-state index contributed by atoms with van der Waals surface area (Å²) in [5, 5.41) is 5.96. The predicted molar refractivity (Wildman–Crippen MR) is 209 cm³/mol. The third-order valence-corrected chi connectivity index (χ3v) is 12.0. The Balaban J connectivity index is 1.53. The van der Waals surface area contributed by atoms with Gasteiger partial charge in [-0.3, -0.25) is 14.4 Å². The molecule has 0 unspecified atom stereocenters. The molecular weight excluding hydrogens is 689 g/mol. The second kappa shape index (κ2) is 16.3. The first-order chi connectivity index (χ1) is 25.2. The smallest absolute Gasteiger partial charge is 0.305 e. The molecule has 5 rings (SSSR count). The van der Waals surface area contributed by atoms with E-state index in [2.05, 4.69) is 29.5 Å². The molecule has 0 atom stereocenters. The van der Waals surface area contributed by atoms with E-state index in [1.807, 2.05) is 45.9 Å². The quantitative estimate of drug-likeness (QED) is 0.172. The number of allylic oxidation sites excluding steroid dienone is 5. The van der Waals surface area contributed by atoms with E-state index in [1.165, 1.54) is 7.11 Å². The van der Waals surface area contributed by atoms with Crippen molar-refractivity contribution < 1.29 is 27.5 Å². The molecular formula is C42H50N4O6S. The van der Waals surface area contributed by atoms with Crippen molar-refractivity contribution in [1.29, 1.82) is 0 Å².